The molecule has 40 heavy (non-hydrogen) atoms. The van der Waals surface area contributed by atoms with E-state index in [9.17, 15) is 26.4 Å². The third kappa shape index (κ3) is 7.05. The monoisotopic (exact) mass is 597 g/mol. The lowest BCUT2D eigenvalue weighted by atomic mass is 10.1. The van der Waals surface area contributed by atoms with Crippen molar-refractivity contribution >= 4 is 38.9 Å². The highest BCUT2D eigenvalue weighted by Gasteiger charge is 2.35. The first-order valence-electron chi connectivity index (χ1n) is 11.9. The van der Waals surface area contributed by atoms with Crippen molar-refractivity contribution in [2.75, 3.05) is 25.1 Å². The number of hydrazone groups is 1. The molecule has 3 aromatic rings. The van der Waals surface area contributed by atoms with Crippen molar-refractivity contribution in [3.63, 3.8) is 0 Å². The molecule has 0 saturated carbocycles. The fraction of sp³-hybridized carbons (Fsp3) is 0.259. The molecule has 0 aliphatic rings. The summed E-state index contributed by atoms with van der Waals surface area (Å²) in [4.78, 5) is 12.8. The second-order valence-corrected chi connectivity index (χ2v) is 10.8. The van der Waals surface area contributed by atoms with E-state index in [4.69, 9.17) is 21.1 Å². The summed E-state index contributed by atoms with van der Waals surface area (Å²) in [5.74, 6) is 0.0422. The van der Waals surface area contributed by atoms with Gasteiger partial charge < -0.3 is 9.47 Å². The molecule has 214 valence electrons. The second kappa shape index (κ2) is 12.6. The van der Waals surface area contributed by atoms with Crippen LogP contribution in [0.15, 0.2) is 70.7 Å². The van der Waals surface area contributed by atoms with E-state index < -0.39 is 44.9 Å². The Morgan fingerprint density at radius 3 is 2.23 bits per heavy atom. The van der Waals surface area contributed by atoms with Crippen LogP contribution in [0.2, 0.25) is 5.02 Å². The molecule has 0 bridgehead atoms. The van der Waals surface area contributed by atoms with Gasteiger partial charge in [-0.2, -0.15) is 18.3 Å². The van der Waals surface area contributed by atoms with Crippen molar-refractivity contribution in [2.24, 2.45) is 5.10 Å². The summed E-state index contributed by atoms with van der Waals surface area (Å²) in [6.07, 6.45) is -4.47. The minimum Gasteiger partial charge on any atom is -0.493 e. The summed E-state index contributed by atoms with van der Waals surface area (Å²) < 4.78 is 78.9. The van der Waals surface area contributed by atoms with Gasteiger partial charge >= 0.3 is 6.18 Å². The van der Waals surface area contributed by atoms with Gasteiger partial charge in [0, 0.05) is 5.56 Å². The van der Waals surface area contributed by atoms with Gasteiger partial charge in [-0.15, -0.1) is 0 Å². The highest BCUT2D eigenvalue weighted by molar-refractivity contribution is 7.92. The predicted octanol–water partition coefficient (Wildman–Crippen LogP) is 5.81. The molecular formula is C27H27ClF3N3O5S. The molecule has 0 heterocycles. The Kier molecular flexibility index (Phi) is 9.69. The van der Waals surface area contributed by atoms with E-state index in [1.807, 2.05) is 0 Å². The van der Waals surface area contributed by atoms with Gasteiger partial charge in [0.1, 0.15) is 6.54 Å². The maximum Gasteiger partial charge on any atom is 0.417 e. The second-order valence-electron chi connectivity index (χ2n) is 8.50. The third-order valence-electron chi connectivity index (χ3n) is 5.81. The maximum absolute atomic E-state index is 13.6. The summed E-state index contributed by atoms with van der Waals surface area (Å²) in [6, 6.07) is 13.3. The molecule has 0 aliphatic heterocycles. The van der Waals surface area contributed by atoms with E-state index in [1.54, 1.807) is 32.0 Å². The van der Waals surface area contributed by atoms with Gasteiger partial charge in [0.05, 0.1) is 41.1 Å². The van der Waals surface area contributed by atoms with Crippen LogP contribution in [0.1, 0.15) is 30.0 Å². The lowest BCUT2D eigenvalue weighted by molar-refractivity contribution is -0.137. The molecule has 1 N–H and O–H groups in total. The van der Waals surface area contributed by atoms with Crippen LogP contribution in [-0.2, 0) is 21.0 Å². The van der Waals surface area contributed by atoms with Crippen LogP contribution in [-0.4, -0.2) is 40.8 Å². The fourth-order valence-corrected chi connectivity index (χ4v) is 5.33. The van der Waals surface area contributed by atoms with Crippen molar-refractivity contribution in [3.05, 3.63) is 82.4 Å². The number of halogens is 4. The lowest BCUT2D eigenvalue weighted by Crippen LogP contribution is -2.40. The van der Waals surface area contributed by atoms with Gasteiger partial charge in [0.2, 0.25) is 0 Å². The number of nitrogens with one attached hydrogen (secondary N) is 1. The van der Waals surface area contributed by atoms with Gasteiger partial charge in [-0.1, -0.05) is 36.2 Å². The van der Waals surface area contributed by atoms with Gasteiger partial charge in [-0.3, -0.25) is 9.10 Å². The summed E-state index contributed by atoms with van der Waals surface area (Å²) in [6.45, 7) is 2.68. The van der Waals surface area contributed by atoms with Gasteiger partial charge in [0.25, 0.3) is 15.9 Å². The van der Waals surface area contributed by atoms with Crippen molar-refractivity contribution < 1.29 is 35.9 Å². The number of carbonyl (C=O) groups is 1. The molecule has 3 aromatic carbocycles. The number of amides is 1. The number of carbonyl (C=O) groups excluding carboxylic acids is 1. The minimum absolute atomic E-state index is 0.211. The normalized spacial score (nSPS) is 12.2. The number of benzene rings is 3. The van der Waals surface area contributed by atoms with Crippen LogP contribution in [0.5, 0.6) is 11.5 Å². The van der Waals surface area contributed by atoms with Crippen molar-refractivity contribution in [1.82, 2.24) is 5.43 Å². The van der Waals surface area contributed by atoms with E-state index in [0.29, 0.717) is 39.6 Å². The number of rotatable bonds is 10. The Bertz CT molecular complexity index is 1510. The first-order valence-corrected chi connectivity index (χ1v) is 13.7. The number of sulfonamides is 1. The van der Waals surface area contributed by atoms with Gasteiger partial charge in [0.15, 0.2) is 11.5 Å². The largest absolute Gasteiger partial charge is 0.493 e. The summed E-state index contributed by atoms with van der Waals surface area (Å²) >= 11 is 5.74. The zero-order valence-electron chi connectivity index (χ0n) is 22.0. The Hall–Kier alpha value is -3.77. The van der Waals surface area contributed by atoms with Crippen LogP contribution in [0.3, 0.4) is 0 Å². The molecular weight excluding hydrogens is 571 g/mol. The molecule has 0 unspecified atom stereocenters. The predicted molar refractivity (Wildman–Crippen MR) is 147 cm³/mol. The molecule has 8 nitrogen and oxygen atoms in total. The number of alkyl halides is 3. The average Bonchev–Trinajstić information content (AvgIpc) is 2.91. The molecule has 0 aliphatic carbocycles. The van der Waals surface area contributed by atoms with E-state index >= 15 is 0 Å². The summed E-state index contributed by atoms with van der Waals surface area (Å²) in [5.41, 5.74) is 2.49. The van der Waals surface area contributed by atoms with E-state index in [2.05, 4.69) is 10.5 Å². The van der Waals surface area contributed by atoms with Gasteiger partial charge in [-0.25, -0.2) is 13.8 Å². The topological polar surface area (TPSA) is 97.3 Å². The standard InChI is InChI=1S/C27H27ClF3N3O5S/c1-5-23(18-8-13-24(38-3)25(14-18)39-4)32-33-26(35)16-34(40(36,37)20-10-6-17(2)7-11-20)19-9-12-22(28)21(15-19)27(29,30)31/h6-15H,5,16H2,1-4H3,(H,33,35)/b32-23-. The van der Waals surface area contributed by atoms with Crippen LogP contribution in [0, 0.1) is 6.92 Å². The van der Waals surface area contributed by atoms with E-state index in [1.165, 1.54) is 38.5 Å². The molecule has 0 atom stereocenters. The molecule has 0 saturated heterocycles. The summed E-state index contributed by atoms with van der Waals surface area (Å²) in [5, 5.41) is 3.51. The number of ether oxygens (including phenoxy) is 2. The highest BCUT2D eigenvalue weighted by Crippen LogP contribution is 2.38. The fourth-order valence-electron chi connectivity index (χ4n) is 3.70. The molecule has 1 amide bonds. The van der Waals surface area contributed by atoms with E-state index in [0.717, 1.165) is 17.7 Å². The van der Waals surface area contributed by atoms with Crippen molar-refractivity contribution in [3.8, 4) is 11.5 Å². The lowest BCUT2D eigenvalue weighted by Gasteiger charge is -2.25. The number of hydrogen-bond acceptors (Lipinski definition) is 6. The molecule has 0 spiro atoms. The van der Waals surface area contributed by atoms with Crippen LogP contribution in [0.25, 0.3) is 0 Å². The summed E-state index contributed by atoms with van der Waals surface area (Å²) in [7, 11) is -1.51. The smallest absolute Gasteiger partial charge is 0.417 e. The van der Waals surface area contributed by atoms with Crippen molar-refractivity contribution in [1.29, 1.82) is 0 Å². The first kappa shape index (κ1) is 30.8. The SMILES string of the molecule is CC/C(=N/NC(=O)CN(c1ccc(Cl)c(C(F)(F)F)c1)S(=O)(=O)c1ccc(C)cc1)c1ccc(OC)c(OC)c1. The Morgan fingerprint density at radius 1 is 1.00 bits per heavy atom. The van der Waals surface area contributed by atoms with Crippen LogP contribution in [0.4, 0.5) is 18.9 Å². The molecule has 3 rings (SSSR count). The van der Waals surface area contributed by atoms with Gasteiger partial charge in [-0.05, 0) is 61.9 Å². The van der Waals surface area contributed by atoms with Crippen LogP contribution >= 0.6 is 11.6 Å². The molecule has 13 heteroatoms. The highest BCUT2D eigenvalue weighted by atomic mass is 35.5. The Morgan fingerprint density at radius 2 is 1.65 bits per heavy atom. The number of nitrogens with zero attached hydrogens (tertiary/aromatic N) is 2. The number of aryl methyl sites for hydroxylation is 1. The number of hydrogen-bond donors (Lipinski definition) is 1. The molecule has 0 fully saturated rings. The average molecular weight is 598 g/mol. The number of methoxy groups -OCH3 is 2. The van der Waals surface area contributed by atoms with Crippen LogP contribution < -0.4 is 19.2 Å². The minimum atomic E-state index is -4.85. The zero-order valence-corrected chi connectivity index (χ0v) is 23.6. The Labute approximate surface area is 235 Å². The third-order valence-corrected chi connectivity index (χ3v) is 7.92. The number of anilines is 1. The maximum atomic E-state index is 13.6. The van der Waals surface area contributed by atoms with E-state index in [-0.39, 0.29) is 4.90 Å². The first-order chi connectivity index (χ1) is 18.8. The van der Waals surface area contributed by atoms with Crippen molar-refractivity contribution in [2.45, 2.75) is 31.3 Å². The molecule has 0 aromatic heterocycles. The quantitative estimate of drug-likeness (QED) is 0.235. The zero-order chi connectivity index (χ0) is 29.7. The Balaban J connectivity index is 1.99. The molecule has 0 radical (unpaired) electrons.